The third-order valence-corrected chi connectivity index (χ3v) is 5.09. The smallest absolute Gasteiger partial charge is 0.410 e. The van der Waals surface area contributed by atoms with Crippen molar-refractivity contribution in [3.8, 4) is 11.4 Å². The van der Waals surface area contributed by atoms with E-state index < -0.39 is 30.0 Å². The highest BCUT2D eigenvalue weighted by Crippen LogP contribution is 2.31. The van der Waals surface area contributed by atoms with Crippen LogP contribution in [0.25, 0.3) is 11.4 Å². The lowest BCUT2D eigenvalue weighted by Crippen LogP contribution is -2.51. The Morgan fingerprint density at radius 1 is 1.24 bits per heavy atom. The van der Waals surface area contributed by atoms with E-state index in [1.807, 2.05) is 0 Å². The van der Waals surface area contributed by atoms with Gasteiger partial charge in [0.1, 0.15) is 35.0 Å². The number of aliphatic hydroxyl groups excluding tert-OH is 1. The van der Waals surface area contributed by atoms with Crippen molar-refractivity contribution in [1.82, 2.24) is 25.2 Å². The van der Waals surface area contributed by atoms with Crippen LogP contribution in [0, 0.1) is 0 Å². The van der Waals surface area contributed by atoms with E-state index in [9.17, 15) is 14.7 Å². The van der Waals surface area contributed by atoms with Crippen molar-refractivity contribution < 1.29 is 24.2 Å². The number of hydrogen-bond donors (Lipinski definition) is 2. The molecule has 33 heavy (non-hydrogen) atoms. The number of amides is 2. The SMILES string of the molecule is CNC(=O)c1cc(-c2cc([C@@H]3CN(C(=O)OC(C)(C)C)C[C@@H]([C@H](C)O)O3)cc(Cl)n2)ncn1. The minimum atomic E-state index is -0.813. The number of halogens is 1. The van der Waals surface area contributed by atoms with Gasteiger partial charge in [0, 0.05) is 7.05 Å². The zero-order valence-corrected chi connectivity index (χ0v) is 20.0. The van der Waals surface area contributed by atoms with Gasteiger partial charge in [0.25, 0.3) is 5.91 Å². The van der Waals surface area contributed by atoms with Crippen molar-refractivity contribution in [3.63, 3.8) is 0 Å². The average Bonchev–Trinajstić information content (AvgIpc) is 2.76. The normalized spacial score (nSPS) is 19.7. The van der Waals surface area contributed by atoms with Gasteiger partial charge in [0.2, 0.25) is 0 Å². The van der Waals surface area contributed by atoms with Crippen LogP contribution in [-0.4, -0.2) is 74.9 Å². The number of aliphatic hydroxyl groups is 1. The summed E-state index contributed by atoms with van der Waals surface area (Å²) in [5.74, 6) is -0.357. The second-order valence-corrected chi connectivity index (χ2v) is 9.15. The van der Waals surface area contributed by atoms with E-state index in [-0.39, 0.29) is 29.8 Å². The molecule has 0 bridgehead atoms. The van der Waals surface area contributed by atoms with Crippen LogP contribution in [0.15, 0.2) is 24.5 Å². The number of aromatic nitrogens is 3. The zero-order chi connectivity index (χ0) is 24.3. The van der Waals surface area contributed by atoms with Crippen LogP contribution in [0.1, 0.15) is 49.9 Å². The van der Waals surface area contributed by atoms with Gasteiger partial charge < -0.3 is 24.8 Å². The quantitative estimate of drug-likeness (QED) is 0.643. The summed E-state index contributed by atoms with van der Waals surface area (Å²) in [7, 11) is 1.51. The molecule has 2 aromatic heterocycles. The largest absolute Gasteiger partial charge is 0.444 e. The van der Waals surface area contributed by atoms with Crippen LogP contribution in [0.2, 0.25) is 5.15 Å². The van der Waals surface area contributed by atoms with E-state index in [2.05, 4.69) is 20.3 Å². The minimum Gasteiger partial charge on any atom is -0.444 e. The van der Waals surface area contributed by atoms with E-state index in [4.69, 9.17) is 21.1 Å². The standard InChI is InChI=1S/C22H28ClN5O5/c1-12(29)17-9-28(21(31)33-22(2,3)4)10-18(32-17)13-6-15(27-19(23)7-13)14-8-16(20(30)24-5)26-11-25-14/h6-8,11-12,17-18,29H,9-10H2,1-5H3,(H,24,30)/t12-,17-,18-/m0/s1. The summed E-state index contributed by atoms with van der Waals surface area (Å²) in [6.07, 6.45) is -1.25. The van der Waals surface area contributed by atoms with Gasteiger partial charge >= 0.3 is 6.09 Å². The fourth-order valence-electron chi connectivity index (χ4n) is 3.30. The number of pyridine rings is 1. The number of nitrogens with one attached hydrogen (secondary N) is 1. The molecule has 0 spiro atoms. The Bertz CT molecular complexity index is 1030. The second kappa shape index (κ2) is 9.98. The molecule has 1 aliphatic rings. The lowest BCUT2D eigenvalue weighted by Gasteiger charge is -2.39. The first-order chi connectivity index (χ1) is 15.5. The van der Waals surface area contributed by atoms with Crippen molar-refractivity contribution in [3.05, 3.63) is 40.9 Å². The highest BCUT2D eigenvalue weighted by Gasteiger charge is 2.36. The van der Waals surface area contributed by atoms with Crippen LogP contribution >= 0.6 is 11.6 Å². The molecular formula is C22H28ClN5O5. The van der Waals surface area contributed by atoms with Crippen LogP contribution in [-0.2, 0) is 9.47 Å². The Morgan fingerprint density at radius 2 is 1.97 bits per heavy atom. The number of rotatable bonds is 4. The van der Waals surface area contributed by atoms with E-state index >= 15 is 0 Å². The third kappa shape index (κ3) is 6.37. The topological polar surface area (TPSA) is 127 Å². The maximum absolute atomic E-state index is 12.7. The Labute approximate surface area is 197 Å². The van der Waals surface area contributed by atoms with E-state index in [1.165, 1.54) is 24.3 Å². The highest BCUT2D eigenvalue weighted by atomic mass is 35.5. The third-order valence-electron chi connectivity index (χ3n) is 4.89. The molecule has 0 unspecified atom stereocenters. The first-order valence-corrected chi connectivity index (χ1v) is 10.9. The molecule has 2 aromatic rings. The van der Waals surface area contributed by atoms with E-state index in [1.54, 1.807) is 39.8 Å². The summed E-state index contributed by atoms with van der Waals surface area (Å²) in [6, 6.07) is 4.87. The molecule has 10 nitrogen and oxygen atoms in total. The van der Waals surface area contributed by atoms with Crippen molar-refractivity contribution in [2.75, 3.05) is 20.1 Å². The molecule has 1 aliphatic heterocycles. The minimum absolute atomic E-state index is 0.185. The van der Waals surface area contributed by atoms with Gasteiger partial charge in [-0.05, 0) is 51.5 Å². The highest BCUT2D eigenvalue weighted by molar-refractivity contribution is 6.29. The van der Waals surface area contributed by atoms with E-state index in [0.717, 1.165) is 0 Å². The monoisotopic (exact) mass is 477 g/mol. The molecular weight excluding hydrogens is 450 g/mol. The number of hydrogen-bond acceptors (Lipinski definition) is 8. The molecule has 3 atom stereocenters. The Kier molecular flexibility index (Phi) is 7.51. The summed E-state index contributed by atoms with van der Waals surface area (Å²) in [6.45, 7) is 7.36. The second-order valence-electron chi connectivity index (χ2n) is 8.77. The van der Waals surface area contributed by atoms with E-state index in [0.29, 0.717) is 17.0 Å². The number of ether oxygens (including phenoxy) is 2. The van der Waals surface area contributed by atoms with Crippen molar-refractivity contribution in [1.29, 1.82) is 0 Å². The van der Waals surface area contributed by atoms with Gasteiger partial charge in [-0.3, -0.25) is 4.79 Å². The number of nitrogens with zero attached hydrogens (tertiary/aromatic N) is 4. The fraction of sp³-hybridized carbons (Fsp3) is 0.500. The molecule has 3 rings (SSSR count). The molecule has 2 amide bonds. The summed E-state index contributed by atoms with van der Waals surface area (Å²) in [5.41, 5.74) is 0.985. The van der Waals surface area contributed by atoms with Crippen LogP contribution in [0.5, 0.6) is 0 Å². The van der Waals surface area contributed by atoms with Gasteiger partial charge in [0.05, 0.1) is 30.6 Å². The number of morpholine rings is 1. The van der Waals surface area contributed by atoms with Crippen molar-refractivity contribution >= 4 is 23.6 Å². The molecule has 3 heterocycles. The van der Waals surface area contributed by atoms with Crippen molar-refractivity contribution in [2.24, 2.45) is 0 Å². The first kappa shape index (κ1) is 24.8. The Morgan fingerprint density at radius 3 is 2.61 bits per heavy atom. The summed E-state index contributed by atoms with van der Waals surface area (Å²) in [4.78, 5) is 38.6. The molecule has 2 N–H and O–H groups in total. The lowest BCUT2D eigenvalue weighted by molar-refractivity contribution is -0.126. The number of carbonyl (C=O) groups is 2. The molecule has 0 saturated carbocycles. The van der Waals surface area contributed by atoms with Crippen LogP contribution < -0.4 is 5.32 Å². The molecule has 1 fully saturated rings. The molecule has 178 valence electrons. The first-order valence-electron chi connectivity index (χ1n) is 10.5. The van der Waals surface area contributed by atoms with Crippen molar-refractivity contribution in [2.45, 2.75) is 51.6 Å². The predicted molar refractivity (Wildman–Crippen MR) is 121 cm³/mol. The Hall–Kier alpha value is -2.82. The summed E-state index contributed by atoms with van der Waals surface area (Å²) >= 11 is 6.29. The maximum Gasteiger partial charge on any atom is 0.410 e. The lowest BCUT2D eigenvalue weighted by atomic mass is 10.0. The van der Waals surface area contributed by atoms with Crippen LogP contribution in [0.3, 0.4) is 0 Å². The molecule has 11 heteroatoms. The van der Waals surface area contributed by atoms with Gasteiger partial charge in [-0.1, -0.05) is 11.6 Å². The van der Waals surface area contributed by atoms with Gasteiger partial charge in [0.15, 0.2) is 0 Å². The molecule has 1 saturated heterocycles. The summed E-state index contributed by atoms with van der Waals surface area (Å²) in [5, 5.41) is 12.9. The maximum atomic E-state index is 12.7. The average molecular weight is 478 g/mol. The van der Waals surface area contributed by atoms with Crippen LogP contribution in [0.4, 0.5) is 4.79 Å². The molecule has 0 aromatic carbocycles. The van der Waals surface area contributed by atoms with Gasteiger partial charge in [-0.25, -0.2) is 19.7 Å². The molecule has 0 radical (unpaired) electrons. The fourth-order valence-corrected chi connectivity index (χ4v) is 3.52. The number of carbonyl (C=O) groups excluding carboxylic acids is 2. The van der Waals surface area contributed by atoms with Gasteiger partial charge in [-0.2, -0.15) is 0 Å². The molecule has 0 aliphatic carbocycles. The predicted octanol–water partition coefficient (Wildman–Crippen LogP) is 2.61. The Balaban J connectivity index is 1.93. The van der Waals surface area contributed by atoms with Gasteiger partial charge in [-0.15, -0.1) is 0 Å². The zero-order valence-electron chi connectivity index (χ0n) is 19.2. The summed E-state index contributed by atoms with van der Waals surface area (Å²) < 4.78 is 11.6.